The molecule has 0 fully saturated rings. The van der Waals surface area contributed by atoms with Crippen molar-refractivity contribution >= 4 is 17.4 Å². The first-order valence-electron chi connectivity index (χ1n) is 8.03. The highest BCUT2D eigenvalue weighted by Crippen LogP contribution is 2.16. The SMILES string of the molecule is Cc1cc(NCCOCc2ccc(Cl)cc2)nc(-c2cccnc2)n1. The smallest absolute Gasteiger partial charge is 0.163 e. The van der Waals surface area contributed by atoms with Crippen LogP contribution >= 0.6 is 11.6 Å². The summed E-state index contributed by atoms with van der Waals surface area (Å²) < 4.78 is 5.67. The Balaban J connectivity index is 1.51. The summed E-state index contributed by atoms with van der Waals surface area (Å²) in [7, 11) is 0. The van der Waals surface area contributed by atoms with Crippen molar-refractivity contribution < 1.29 is 4.74 Å². The van der Waals surface area contributed by atoms with Crippen LogP contribution in [0.25, 0.3) is 11.4 Å². The number of nitrogens with one attached hydrogen (secondary N) is 1. The van der Waals surface area contributed by atoms with Crippen molar-refractivity contribution in [3.63, 3.8) is 0 Å². The second kappa shape index (κ2) is 8.55. The van der Waals surface area contributed by atoms with Crippen molar-refractivity contribution in [1.82, 2.24) is 15.0 Å². The average molecular weight is 355 g/mol. The number of benzene rings is 1. The van der Waals surface area contributed by atoms with Crippen LogP contribution in [0.1, 0.15) is 11.3 Å². The Hall–Kier alpha value is -2.50. The van der Waals surface area contributed by atoms with E-state index in [4.69, 9.17) is 16.3 Å². The maximum Gasteiger partial charge on any atom is 0.163 e. The number of hydrogen-bond acceptors (Lipinski definition) is 5. The normalized spacial score (nSPS) is 10.6. The number of halogens is 1. The monoisotopic (exact) mass is 354 g/mol. The van der Waals surface area contributed by atoms with Crippen LogP contribution in [0.4, 0.5) is 5.82 Å². The fraction of sp³-hybridized carbons (Fsp3) is 0.211. The summed E-state index contributed by atoms with van der Waals surface area (Å²) in [6.07, 6.45) is 3.49. The number of nitrogens with zero attached hydrogens (tertiary/aromatic N) is 3. The molecule has 3 rings (SSSR count). The third-order valence-electron chi connectivity index (χ3n) is 3.51. The highest BCUT2D eigenvalue weighted by molar-refractivity contribution is 6.30. The Labute approximate surface area is 152 Å². The van der Waals surface area contributed by atoms with Gasteiger partial charge in [0.15, 0.2) is 5.82 Å². The van der Waals surface area contributed by atoms with Crippen LogP contribution in [-0.4, -0.2) is 28.1 Å². The first-order valence-corrected chi connectivity index (χ1v) is 8.40. The molecule has 0 amide bonds. The molecule has 0 unspecified atom stereocenters. The van der Waals surface area contributed by atoms with Gasteiger partial charge in [-0.3, -0.25) is 4.98 Å². The fourth-order valence-corrected chi connectivity index (χ4v) is 2.43. The molecule has 2 heterocycles. The minimum Gasteiger partial charge on any atom is -0.375 e. The van der Waals surface area contributed by atoms with Gasteiger partial charge in [-0.05, 0) is 36.8 Å². The van der Waals surface area contributed by atoms with Gasteiger partial charge >= 0.3 is 0 Å². The van der Waals surface area contributed by atoms with Gasteiger partial charge in [0.25, 0.3) is 0 Å². The molecule has 1 aromatic carbocycles. The molecule has 25 heavy (non-hydrogen) atoms. The number of rotatable bonds is 7. The number of aryl methyl sites for hydroxylation is 1. The van der Waals surface area contributed by atoms with Gasteiger partial charge in [0.1, 0.15) is 5.82 Å². The van der Waals surface area contributed by atoms with Crippen LogP contribution in [0.2, 0.25) is 5.02 Å². The lowest BCUT2D eigenvalue weighted by molar-refractivity contribution is 0.130. The molecule has 0 radical (unpaired) electrons. The predicted octanol–water partition coefficient (Wildman–Crippen LogP) is 4.13. The van der Waals surface area contributed by atoms with Gasteiger partial charge in [0, 0.05) is 41.3 Å². The third-order valence-corrected chi connectivity index (χ3v) is 3.76. The lowest BCUT2D eigenvalue weighted by Gasteiger charge is -2.09. The molecule has 0 spiro atoms. The van der Waals surface area contributed by atoms with Crippen molar-refractivity contribution in [3.05, 3.63) is 71.1 Å². The van der Waals surface area contributed by atoms with E-state index in [-0.39, 0.29) is 0 Å². The topological polar surface area (TPSA) is 59.9 Å². The number of ether oxygens (including phenoxy) is 1. The average Bonchev–Trinajstić information content (AvgIpc) is 2.63. The quantitative estimate of drug-likeness (QED) is 0.646. The lowest BCUT2D eigenvalue weighted by Crippen LogP contribution is -2.11. The zero-order valence-electron chi connectivity index (χ0n) is 13.9. The lowest BCUT2D eigenvalue weighted by atomic mass is 10.2. The molecule has 0 saturated heterocycles. The minimum absolute atomic E-state index is 0.558. The Morgan fingerprint density at radius 2 is 1.96 bits per heavy atom. The zero-order chi connectivity index (χ0) is 17.5. The summed E-state index contributed by atoms with van der Waals surface area (Å²) in [5, 5.41) is 4.00. The first kappa shape index (κ1) is 17.3. The first-order chi connectivity index (χ1) is 12.2. The fourth-order valence-electron chi connectivity index (χ4n) is 2.31. The third kappa shape index (κ3) is 5.24. The van der Waals surface area contributed by atoms with Crippen LogP contribution in [0.5, 0.6) is 0 Å². The molecule has 6 heteroatoms. The summed E-state index contributed by atoms with van der Waals surface area (Å²) >= 11 is 5.87. The van der Waals surface area contributed by atoms with Crippen molar-refractivity contribution in [2.45, 2.75) is 13.5 Å². The summed E-state index contributed by atoms with van der Waals surface area (Å²) in [6.45, 7) is 3.75. The molecule has 3 aromatic rings. The van der Waals surface area contributed by atoms with E-state index in [0.717, 1.165) is 27.7 Å². The van der Waals surface area contributed by atoms with Crippen molar-refractivity contribution in [2.24, 2.45) is 0 Å². The van der Waals surface area contributed by atoms with Gasteiger partial charge in [0.2, 0.25) is 0 Å². The number of hydrogen-bond donors (Lipinski definition) is 1. The molecule has 1 N–H and O–H groups in total. The van der Waals surface area contributed by atoms with Crippen LogP contribution in [-0.2, 0) is 11.3 Å². The molecular formula is C19H19ClN4O. The van der Waals surface area contributed by atoms with Gasteiger partial charge < -0.3 is 10.1 Å². The van der Waals surface area contributed by atoms with Crippen molar-refractivity contribution in [2.75, 3.05) is 18.5 Å². The second-order valence-corrected chi connectivity index (χ2v) is 6.00. The molecule has 5 nitrogen and oxygen atoms in total. The highest BCUT2D eigenvalue weighted by Gasteiger charge is 2.05. The molecule has 0 saturated carbocycles. The second-order valence-electron chi connectivity index (χ2n) is 5.57. The largest absolute Gasteiger partial charge is 0.375 e. The highest BCUT2D eigenvalue weighted by atomic mass is 35.5. The van der Waals surface area contributed by atoms with E-state index < -0.39 is 0 Å². The molecule has 0 aliphatic rings. The Kier molecular flexibility index (Phi) is 5.93. The minimum atomic E-state index is 0.558. The van der Waals surface area contributed by atoms with E-state index in [1.54, 1.807) is 12.4 Å². The van der Waals surface area contributed by atoms with Crippen LogP contribution in [0.15, 0.2) is 54.9 Å². The molecule has 0 atom stereocenters. The van der Waals surface area contributed by atoms with Gasteiger partial charge in [-0.15, -0.1) is 0 Å². The summed E-state index contributed by atoms with van der Waals surface area (Å²) in [5.74, 6) is 1.44. The number of aromatic nitrogens is 3. The Morgan fingerprint density at radius 3 is 2.72 bits per heavy atom. The molecule has 0 bridgehead atoms. The summed E-state index contributed by atoms with van der Waals surface area (Å²) in [5.41, 5.74) is 2.90. The Morgan fingerprint density at radius 1 is 1.12 bits per heavy atom. The predicted molar refractivity (Wildman–Crippen MR) is 99.6 cm³/mol. The maximum atomic E-state index is 5.87. The van der Waals surface area contributed by atoms with Gasteiger partial charge in [-0.2, -0.15) is 0 Å². The zero-order valence-corrected chi connectivity index (χ0v) is 14.7. The maximum absolute atomic E-state index is 5.87. The van der Waals surface area contributed by atoms with E-state index in [0.29, 0.717) is 25.6 Å². The van der Waals surface area contributed by atoms with E-state index >= 15 is 0 Å². The van der Waals surface area contributed by atoms with Crippen molar-refractivity contribution in [1.29, 1.82) is 0 Å². The van der Waals surface area contributed by atoms with Gasteiger partial charge in [0.05, 0.1) is 13.2 Å². The number of anilines is 1. The van der Waals surface area contributed by atoms with Crippen LogP contribution < -0.4 is 5.32 Å². The van der Waals surface area contributed by atoms with E-state index in [1.165, 1.54) is 0 Å². The Bertz CT molecular complexity index is 809. The van der Waals surface area contributed by atoms with E-state index in [2.05, 4.69) is 20.3 Å². The van der Waals surface area contributed by atoms with Gasteiger partial charge in [-0.1, -0.05) is 23.7 Å². The van der Waals surface area contributed by atoms with Gasteiger partial charge in [-0.25, -0.2) is 9.97 Å². The van der Waals surface area contributed by atoms with E-state index in [9.17, 15) is 0 Å². The summed E-state index contributed by atoms with van der Waals surface area (Å²) in [6, 6.07) is 13.4. The van der Waals surface area contributed by atoms with Crippen LogP contribution in [0.3, 0.4) is 0 Å². The van der Waals surface area contributed by atoms with Crippen molar-refractivity contribution in [3.8, 4) is 11.4 Å². The standard InChI is InChI=1S/C19H19ClN4O/c1-14-11-18(24-19(23-14)16-3-2-8-21-12-16)22-9-10-25-13-15-4-6-17(20)7-5-15/h2-8,11-12H,9-10,13H2,1H3,(H,22,23,24). The van der Waals surface area contributed by atoms with Crippen LogP contribution in [0, 0.1) is 6.92 Å². The van der Waals surface area contributed by atoms with E-state index in [1.807, 2.05) is 49.4 Å². The molecule has 2 aromatic heterocycles. The molecule has 0 aliphatic carbocycles. The molecular weight excluding hydrogens is 336 g/mol. The number of pyridine rings is 1. The molecule has 128 valence electrons. The molecule has 0 aliphatic heterocycles. The summed E-state index contributed by atoms with van der Waals surface area (Å²) in [4.78, 5) is 13.1.